The summed E-state index contributed by atoms with van der Waals surface area (Å²) in [6.07, 6.45) is 3.88. The zero-order chi connectivity index (χ0) is 12.5. The normalized spacial score (nSPS) is 36.8. The number of rotatable bonds is 2. The van der Waals surface area contributed by atoms with Gasteiger partial charge >= 0.3 is 0 Å². The molecule has 2 aliphatic rings. The van der Waals surface area contributed by atoms with Crippen LogP contribution in [0, 0.1) is 11.8 Å². The fraction of sp³-hybridized carbons (Fsp3) is 0.923. The lowest BCUT2D eigenvalue weighted by Crippen LogP contribution is -2.41. The van der Waals surface area contributed by atoms with E-state index in [9.17, 15) is 13.6 Å². The van der Waals surface area contributed by atoms with E-state index in [0.717, 1.165) is 19.3 Å². The Balaban J connectivity index is 1.83. The maximum atomic E-state index is 13.2. The summed E-state index contributed by atoms with van der Waals surface area (Å²) in [6, 6.07) is 0.216. The van der Waals surface area contributed by atoms with Crippen molar-refractivity contribution in [3.05, 3.63) is 0 Å². The van der Waals surface area contributed by atoms with Crippen molar-refractivity contribution in [3.63, 3.8) is 0 Å². The zero-order valence-corrected chi connectivity index (χ0v) is 10.3. The molecule has 2 fully saturated rings. The van der Waals surface area contributed by atoms with Crippen molar-refractivity contribution in [1.82, 2.24) is 5.32 Å². The average molecular weight is 245 g/mol. The summed E-state index contributed by atoms with van der Waals surface area (Å²) < 4.78 is 26.4. The van der Waals surface area contributed by atoms with Gasteiger partial charge in [-0.15, -0.1) is 0 Å². The largest absolute Gasteiger partial charge is 0.353 e. The van der Waals surface area contributed by atoms with Gasteiger partial charge < -0.3 is 5.32 Å². The topological polar surface area (TPSA) is 29.1 Å². The van der Waals surface area contributed by atoms with Gasteiger partial charge in [0, 0.05) is 24.8 Å². The number of carbonyl (C=O) groups excluding carboxylic acids is 1. The van der Waals surface area contributed by atoms with Gasteiger partial charge in [0.05, 0.1) is 0 Å². The number of halogens is 2. The first-order valence-electron chi connectivity index (χ1n) is 6.64. The van der Waals surface area contributed by atoms with E-state index in [-0.39, 0.29) is 24.8 Å². The maximum absolute atomic E-state index is 13.2. The van der Waals surface area contributed by atoms with Crippen LogP contribution in [0.5, 0.6) is 0 Å². The van der Waals surface area contributed by atoms with Crippen LogP contribution in [0.25, 0.3) is 0 Å². The fourth-order valence-corrected chi connectivity index (χ4v) is 3.05. The lowest BCUT2D eigenvalue weighted by atomic mass is 9.86. The molecule has 1 N–H and O–H groups in total. The second-order valence-corrected chi connectivity index (χ2v) is 5.77. The van der Waals surface area contributed by atoms with E-state index in [2.05, 4.69) is 12.2 Å². The van der Waals surface area contributed by atoms with Gasteiger partial charge in [-0.25, -0.2) is 8.78 Å². The summed E-state index contributed by atoms with van der Waals surface area (Å²) in [5, 5.41) is 2.94. The number of alkyl halides is 2. The van der Waals surface area contributed by atoms with Crippen molar-refractivity contribution >= 4 is 5.91 Å². The monoisotopic (exact) mass is 245 g/mol. The van der Waals surface area contributed by atoms with E-state index in [0.29, 0.717) is 18.8 Å². The molecule has 0 aromatic carbocycles. The summed E-state index contributed by atoms with van der Waals surface area (Å²) in [5.74, 6) is -2.62. The third-order valence-electron chi connectivity index (χ3n) is 4.05. The minimum Gasteiger partial charge on any atom is -0.353 e. The molecule has 17 heavy (non-hydrogen) atoms. The molecule has 0 saturated heterocycles. The molecule has 0 radical (unpaired) electrons. The molecule has 4 heteroatoms. The molecule has 3 atom stereocenters. The molecule has 2 nitrogen and oxygen atoms in total. The molecule has 2 rings (SSSR count). The van der Waals surface area contributed by atoms with E-state index in [1.807, 2.05) is 0 Å². The summed E-state index contributed by atoms with van der Waals surface area (Å²) in [7, 11) is 0. The Morgan fingerprint density at radius 2 is 2.06 bits per heavy atom. The summed E-state index contributed by atoms with van der Waals surface area (Å²) in [4.78, 5) is 11.9. The number of carbonyl (C=O) groups is 1. The number of hydrogen-bond acceptors (Lipinski definition) is 1. The molecule has 98 valence electrons. The predicted octanol–water partition coefficient (Wildman–Crippen LogP) is 3.12. The SMILES string of the molecule is CC1CCC(NC(=O)C2CCCC(F)(F)C2)C1. The fourth-order valence-electron chi connectivity index (χ4n) is 3.05. The first kappa shape index (κ1) is 12.8. The Bertz CT molecular complexity index is 293. The highest BCUT2D eigenvalue weighted by Gasteiger charge is 2.39. The Morgan fingerprint density at radius 3 is 2.65 bits per heavy atom. The van der Waals surface area contributed by atoms with Crippen molar-refractivity contribution in [2.75, 3.05) is 0 Å². The minimum absolute atomic E-state index is 0.0583. The van der Waals surface area contributed by atoms with Gasteiger partial charge in [-0.1, -0.05) is 6.92 Å². The van der Waals surface area contributed by atoms with Crippen molar-refractivity contribution in [1.29, 1.82) is 0 Å². The molecular weight excluding hydrogens is 224 g/mol. The van der Waals surface area contributed by atoms with Crippen LogP contribution < -0.4 is 5.32 Å². The van der Waals surface area contributed by atoms with Gasteiger partial charge in [-0.05, 0) is 38.0 Å². The molecule has 2 saturated carbocycles. The van der Waals surface area contributed by atoms with Gasteiger partial charge in [0.25, 0.3) is 0 Å². The molecule has 0 bridgehead atoms. The second-order valence-electron chi connectivity index (χ2n) is 5.77. The van der Waals surface area contributed by atoms with Crippen LogP contribution in [0.3, 0.4) is 0 Å². The maximum Gasteiger partial charge on any atom is 0.248 e. The lowest BCUT2D eigenvalue weighted by Gasteiger charge is -2.29. The molecule has 0 heterocycles. The zero-order valence-electron chi connectivity index (χ0n) is 10.3. The van der Waals surface area contributed by atoms with Crippen molar-refractivity contribution in [3.8, 4) is 0 Å². The van der Waals surface area contributed by atoms with Gasteiger partial charge in [0.1, 0.15) is 0 Å². The summed E-state index contributed by atoms with van der Waals surface area (Å²) in [5.41, 5.74) is 0. The van der Waals surface area contributed by atoms with Gasteiger partial charge in [0.2, 0.25) is 11.8 Å². The molecule has 0 aromatic rings. The van der Waals surface area contributed by atoms with Crippen molar-refractivity contribution in [2.45, 2.75) is 63.8 Å². The molecule has 2 aliphatic carbocycles. The highest BCUT2D eigenvalue weighted by molar-refractivity contribution is 5.79. The van der Waals surface area contributed by atoms with E-state index in [1.165, 1.54) is 0 Å². The molecular formula is C13H21F2NO. The smallest absolute Gasteiger partial charge is 0.248 e. The highest BCUT2D eigenvalue weighted by Crippen LogP contribution is 2.37. The number of nitrogens with one attached hydrogen (secondary N) is 1. The van der Waals surface area contributed by atoms with Crippen LogP contribution >= 0.6 is 0 Å². The Morgan fingerprint density at radius 1 is 1.29 bits per heavy atom. The van der Waals surface area contributed by atoms with Gasteiger partial charge in [-0.3, -0.25) is 4.79 Å². The molecule has 0 aromatic heterocycles. The Kier molecular flexibility index (Phi) is 3.69. The van der Waals surface area contributed by atoms with Crippen LogP contribution in [0.1, 0.15) is 51.9 Å². The van der Waals surface area contributed by atoms with Crippen LogP contribution in [-0.4, -0.2) is 17.9 Å². The third kappa shape index (κ3) is 3.39. The first-order chi connectivity index (χ1) is 7.96. The predicted molar refractivity (Wildman–Crippen MR) is 61.9 cm³/mol. The van der Waals surface area contributed by atoms with E-state index in [1.54, 1.807) is 0 Å². The van der Waals surface area contributed by atoms with E-state index in [4.69, 9.17) is 0 Å². The number of hydrogen-bond donors (Lipinski definition) is 1. The number of amides is 1. The minimum atomic E-state index is -2.64. The summed E-state index contributed by atoms with van der Waals surface area (Å²) in [6.45, 7) is 2.17. The standard InChI is InChI=1S/C13H21F2NO/c1-9-4-5-11(7-9)16-12(17)10-3-2-6-13(14,15)8-10/h9-11H,2-8H2,1H3,(H,16,17). The molecule has 3 unspecified atom stereocenters. The van der Waals surface area contributed by atoms with E-state index >= 15 is 0 Å². The Hall–Kier alpha value is -0.670. The molecule has 0 aliphatic heterocycles. The average Bonchev–Trinajstić information content (AvgIpc) is 2.62. The quantitative estimate of drug-likeness (QED) is 0.795. The van der Waals surface area contributed by atoms with Crippen LogP contribution in [0.2, 0.25) is 0 Å². The third-order valence-corrected chi connectivity index (χ3v) is 4.05. The highest BCUT2D eigenvalue weighted by atomic mass is 19.3. The second kappa shape index (κ2) is 4.91. The van der Waals surface area contributed by atoms with Crippen LogP contribution in [0.4, 0.5) is 8.78 Å². The molecule has 1 amide bonds. The van der Waals surface area contributed by atoms with Crippen molar-refractivity contribution < 1.29 is 13.6 Å². The lowest BCUT2D eigenvalue weighted by molar-refractivity contribution is -0.132. The van der Waals surface area contributed by atoms with E-state index < -0.39 is 11.8 Å². The van der Waals surface area contributed by atoms with Crippen molar-refractivity contribution in [2.24, 2.45) is 11.8 Å². The first-order valence-corrected chi connectivity index (χ1v) is 6.64. The van der Waals surface area contributed by atoms with Crippen LogP contribution in [0.15, 0.2) is 0 Å². The van der Waals surface area contributed by atoms with Crippen LogP contribution in [-0.2, 0) is 4.79 Å². The Labute approximate surface area is 101 Å². The van der Waals surface area contributed by atoms with Gasteiger partial charge in [-0.2, -0.15) is 0 Å². The summed E-state index contributed by atoms with van der Waals surface area (Å²) >= 11 is 0. The molecule has 0 spiro atoms. The van der Waals surface area contributed by atoms with Gasteiger partial charge in [0.15, 0.2) is 0 Å².